The van der Waals surface area contributed by atoms with Crippen molar-refractivity contribution in [3.05, 3.63) is 46.4 Å². The highest BCUT2D eigenvalue weighted by atomic mass is 32.2. The van der Waals surface area contributed by atoms with Crippen LogP contribution >= 0.6 is 11.3 Å². The van der Waals surface area contributed by atoms with Crippen molar-refractivity contribution >= 4 is 21.5 Å². The summed E-state index contributed by atoms with van der Waals surface area (Å²) in [6.45, 7) is 3.19. The second-order valence-electron chi connectivity index (χ2n) is 5.09. The SMILES string of the molecule is Cc1ccc(S(=O)(=O)OCC(C)(CO)c2nccs2)cc1. The Morgan fingerprint density at radius 1 is 1.33 bits per heavy atom. The maximum absolute atomic E-state index is 12.2. The lowest BCUT2D eigenvalue weighted by molar-refractivity contribution is 0.145. The molecule has 1 aromatic carbocycles. The standard InChI is InChI=1S/C14H17NO4S2/c1-11-3-5-12(6-4-11)21(17,18)19-10-14(2,9-16)13-15-7-8-20-13/h3-8,16H,9-10H2,1-2H3. The number of aliphatic hydroxyl groups excluding tert-OH is 1. The molecule has 0 aliphatic rings. The zero-order valence-electron chi connectivity index (χ0n) is 11.8. The summed E-state index contributed by atoms with van der Waals surface area (Å²) >= 11 is 1.36. The molecule has 0 spiro atoms. The molecule has 5 nitrogen and oxygen atoms in total. The monoisotopic (exact) mass is 327 g/mol. The van der Waals surface area contributed by atoms with Gasteiger partial charge >= 0.3 is 0 Å². The van der Waals surface area contributed by atoms with Crippen molar-refractivity contribution in [3.8, 4) is 0 Å². The summed E-state index contributed by atoms with van der Waals surface area (Å²) in [5.74, 6) is 0. The quantitative estimate of drug-likeness (QED) is 0.822. The maximum Gasteiger partial charge on any atom is 0.297 e. The lowest BCUT2D eigenvalue weighted by atomic mass is 9.94. The van der Waals surface area contributed by atoms with Crippen molar-refractivity contribution in [1.29, 1.82) is 0 Å². The lowest BCUT2D eigenvalue weighted by Crippen LogP contribution is -2.33. The van der Waals surface area contributed by atoms with Crippen LogP contribution in [0.2, 0.25) is 0 Å². The number of hydrogen-bond acceptors (Lipinski definition) is 6. The highest BCUT2D eigenvalue weighted by Crippen LogP contribution is 2.27. The molecule has 0 radical (unpaired) electrons. The number of aryl methyl sites for hydroxylation is 1. The molecule has 1 unspecified atom stereocenters. The third-order valence-corrected chi connectivity index (χ3v) is 5.50. The van der Waals surface area contributed by atoms with Gasteiger partial charge in [-0.05, 0) is 26.0 Å². The topological polar surface area (TPSA) is 76.5 Å². The normalized spacial score (nSPS) is 14.8. The molecule has 2 rings (SSSR count). The number of hydrogen-bond donors (Lipinski definition) is 1. The third-order valence-electron chi connectivity index (χ3n) is 3.14. The van der Waals surface area contributed by atoms with Gasteiger partial charge in [0.05, 0.1) is 23.5 Å². The summed E-state index contributed by atoms with van der Waals surface area (Å²) in [5.41, 5.74) is 0.128. The molecule has 1 N–H and O–H groups in total. The first-order valence-electron chi connectivity index (χ1n) is 6.34. The van der Waals surface area contributed by atoms with Gasteiger partial charge < -0.3 is 5.11 Å². The molecule has 0 aliphatic carbocycles. The summed E-state index contributed by atoms with van der Waals surface area (Å²) in [7, 11) is -3.85. The number of aromatic nitrogens is 1. The summed E-state index contributed by atoms with van der Waals surface area (Å²) in [6.07, 6.45) is 1.61. The number of rotatable bonds is 6. The van der Waals surface area contributed by atoms with Gasteiger partial charge in [-0.25, -0.2) is 4.98 Å². The first kappa shape index (κ1) is 16.1. The molecule has 2 aromatic rings. The van der Waals surface area contributed by atoms with Gasteiger partial charge in [-0.3, -0.25) is 4.18 Å². The third kappa shape index (κ3) is 3.68. The van der Waals surface area contributed by atoms with E-state index >= 15 is 0 Å². The van der Waals surface area contributed by atoms with Crippen LogP contribution in [0.15, 0.2) is 40.7 Å². The molecule has 1 aromatic heterocycles. The van der Waals surface area contributed by atoms with Crippen LogP contribution in [0, 0.1) is 6.92 Å². The molecule has 114 valence electrons. The van der Waals surface area contributed by atoms with Crippen LogP contribution in [-0.4, -0.2) is 31.7 Å². The average molecular weight is 327 g/mol. The van der Waals surface area contributed by atoms with Gasteiger partial charge in [0.1, 0.15) is 5.01 Å². The Hall–Kier alpha value is -1.28. The molecule has 7 heteroatoms. The van der Waals surface area contributed by atoms with Crippen molar-refractivity contribution in [2.24, 2.45) is 0 Å². The largest absolute Gasteiger partial charge is 0.395 e. The molecule has 1 heterocycles. The van der Waals surface area contributed by atoms with Gasteiger partial charge in [0, 0.05) is 11.6 Å². The minimum atomic E-state index is -3.85. The summed E-state index contributed by atoms with van der Waals surface area (Å²) in [6, 6.07) is 6.43. The van der Waals surface area contributed by atoms with E-state index in [1.165, 1.54) is 23.5 Å². The Balaban J connectivity index is 2.16. The van der Waals surface area contributed by atoms with Crippen molar-refractivity contribution < 1.29 is 17.7 Å². The van der Waals surface area contributed by atoms with Crippen molar-refractivity contribution in [3.63, 3.8) is 0 Å². The Morgan fingerprint density at radius 3 is 2.52 bits per heavy atom. The second kappa shape index (κ2) is 6.23. The van der Waals surface area contributed by atoms with E-state index in [0.29, 0.717) is 5.01 Å². The van der Waals surface area contributed by atoms with Gasteiger partial charge in [0.25, 0.3) is 10.1 Å². The van der Waals surface area contributed by atoms with E-state index in [0.717, 1.165) is 5.56 Å². The summed E-state index contributed by atoms with van der Waals surface area (Å²) < 4.78 is 29.4. The number of nitrogens with zero attached hydrogens (tertiary/aromatic N) is 1. The van der Waals surface area contributed by atoms with Crippen LogP contribution in [0.3, 0.4) is 0 Å². The number of benzene rings is 1. The van der Waals surface area contributed by atoms with Crippen LogP contribution in [0.25, 0.3) is 0 Å². The molecule has 0 amide bonds. The smallest absolute Gasteiger partial charge is 0.297 e. The van der Waals surface area contributed by atoms with Crippen molar-refractivity contribution in [1.82, 2.24) is 4.98 Å². The fourth-order valence-electron chi connectivity index (χ4n) is 1.68. The molecule has 0 saturated carbocycles. The first-order chi connectivity index (χ1) is 9.87. The molecular weight excluding hydrogens is 310 g/mol. The predicted molar refractivity (Wildman–Crippen MR) is 80.9 cm³/mol. The van der Waals surface area contributed by atoms with Crippen molar-refractivity contribution in [2.45, 2.75) is 24.2 Å². The minimum absolute atomic E-state index is 0.104. The first-order valence-corrected chi connectivity index (χ1v) is 8.63. The van der Waals surface area contributed by atoms with Gasteiger partial charge in [0.15, 0.2) is 0 Å². The second-order valence-corrected chi connectivity index (χ2v) is 7.60. The number of aliphatic hydroxyl groups is 1. The Kier molecular flexibility index (Phi) is 4.77. The Bertz CT molecular complexity index is 680. The van der Waals surface area contributed by atoms with Crippen LogP contribution in [0.4, 0.5) is 0 Å². The molecular formula is C14H17NO4S2. The van der Waals surface area contributed by atoms with E-state index < -0.39 is 15.5 Å². The zero-order chi connectivity index (χ0) is 15.5. The lowest BCUT2D eigenvalue weighted by Gasteiger charge is -2.24. The van der Waals surface area contributed by atoms with Gasteiger partial charge in [-0.2, -0.15) is 8.42 Å². The fourth-order valence-corrected chi connectivity index (χ4v) is 3.48. The zero-order valence-corrected chi connectivity index (χ0v) is 13.4. The highest BCUT2D eigenvalue weighted by molar-refractivity contribution is 7.86. The fraction of sp³-hybridized carbons (Fsp3) is 0.357. The Morgan fingerprint density at radius 2 is 2.00 bits per heavy atom. The molecule has 0 bridgehead atoms. The van der Waals surface area contributed by atoms with E-state index in [-0.39, 0.29) is 18.1 Å². The maximum atomic E-state index is 12.2. The summed E-state index contributed by atoms with van der Waals surface area (Å²) in [4.78, 5) is 4.23. The van der Waals surface area contributed by atoms with Crippen LogP contribution in [0.1, 0.15) is 17.5 Å². The van der Waals surface area contributed by atoms with E-state index in [1.54, 1.807) is 30.6 Å². The van der Waals surface area contributed by atoms with Crippen LogP contribution < -0.4 is 0 Å². The van der Waals surface area contributed by atoms with Gasteiger partial charge in [0.2, 0.25) is 0 Å². The molecule has 0 fully saturated rings. The highest BCUT2D eigenvalue weighted by Gasteiger charge is 2.32. The van der Waals surface area contributed by atoms with Crippen LogP contribution in [-0.2, 0) is 19.7 Å². The molecule has 1 atom stereocenters. The average Bonchev–Trinajstić information content (AvgIpc) is 3.00. The van der Waals surface area contributed by atoms with E-state index in [1.807, 2.05) is 6.92 Å². The Labute approximate surface area is 128 Å². The number of thiazole rings is 1. The van der Waals surface area contributed by atoms with E-state index in [4.69, 9.17) is 4.18 Å². The van der Waals surface area contributed by atoms with Gasteiger partial charge in [-0.1, -0.05) is 17.7 Å². The van der Waals surface area contributed by atoms with Crippen LogP contribution in [0.5, 0.6) is 0 Å². The molecule has 21 heavy (non-hydrogen) atoms. The van der Waals surface area contributed by atoms with Gasteiger partial charge in [-0.15, -0.1) is 11.3 Å². The minimum Gasteiger partial charge on any atom is -0.395 e. The molecule has 0 saturated heterocycles. The van der Waals surface area contributed by atoms with E-state index in [2.05, 4.69) is 4.98 Å². The van der Waals surface area contributed by atoms with Crippen molar-refractivity contribution in [2.75, 3.05) is 13.2 Å². The molecule has 0 aliphatic heterocycles. The van der Waals surface area contributed by atoms with E-state index in [9.17, 15) is 13.5 Å². The predicted octanol–water partition coefficient (Wildman–Crippen LogP) is 2.11. The summed E-state index contributed by atoms with van der Waals surface area (Å²) in [5, 5.41) is 12.0.